The van der Waals surface area contributed by atoms with Gasteiger partial charge in [-0.05, 0) is 37.6 Å². The maximum absolute atomic E-state index is 13.7. The van der Waals surface area contributed by atoms with Crippen LogP contribution in [-0.4, -0.2) is 43.4 Å². The van der Waals surface area contributed by atoms with Gasteiger partial charge in [-0.25, -0.2) is 8.97 Å². The Kier molecular flexibility index (Phi) is 5.39. The second kappa shape index (κ2) is 8.17. The van der Waals surface area contributed by atoms with Crippen LogP contribution in [0, 0.1) is 0 Å². The number of nitrogens with zero attached hydrogens (tertiary/aromatic N) is 5. The number of hydrogen-bond acceptors (Lipinski definition) is 6. The number of likely N-dealkylation sites (N-methyl/N-ethyl adjacent to an activating group) is 1. The van der Waals surface area contributed by atoms with Gasteiger partial charge in [0.1, 0.15) is 4.83 Å². The first-order valence-electron chi connectivity index (χ1n) is 10.5. The highest BCUT2D eigenvalue weighted by Crippen LogP contribution is 2.35. The van der Waals surface area contributed by atoms with Gasteiger partial charge in [-0.15, -0.1) is 21.5 Å². The van der Waals surface area contributed by atoms with E-state index in [-0.39, 0.29) is 5.56 Å². The number of thiophene rings is 1. The summed E-state index contributed by atoms with van der Waals surface area (Å²) in [6, 6.07) is 9.80. The van der Waals surface area contributed by atoms with Gasteiger partial charge in [0, 0.05) is 23.7 Å². The predicted molar refractivity (Wildman–Crippen MR) is 124 cm³/mol. The van der Waals surface area contributed by atoms with E-state index < -0.39 is 0 Å². The molecule has 4 heterocycles. The quantitative estimate of drug-likeness (QED) is 0.330. The molecule has 0 radical (unpaired) electrons. The lowest BCUT2D eigenvalue weighted by Gasteiger charge is -2.21. The number of hydrogen-bond donors (Lipinski definition) is 0. The zero-order valence-electron chi connectivity index (χ0n) is 17.3. The second-order valence-electron chi connectivity index (χ2n) is 7.82. The Hall–Kier alpha value is -2.16. The lowest BCUT2D eigenvalue weighted by molar-refractivity contribution is 0.318. The molecule has 156 valence electrons. The maximum Gasteiger partial charge on any atom is 0.268 e. The van der Waals surface area contributed by atoms with Crippen LogP contribution in [0.2, 0.25) is 0 Å². The van der Waals surface area contributed by atoms with Gasteiger partial charge in [-0.2, -0.15) is 0 Å². The summed E-state index contributed by atoms with van der Waals surface area (Å²) in [5.41, 5.74) is 2.05. The summed E-state index contributed by atoms with van der Waals surface area (Å²) in [6.45, 7) is 4.08. The van der Waals surface area contributed by atoms with Crippen molar-refractivity contribution in [3.05, 3.63) is 51.1 Å². The van der Waals surface area contributed by atoms with E-state index in [4.69, 9.17) is 0 Å². The van der Waals surface area contributed by atoms with Gasteiger partial charge in [-0.1, -0.05) is 49.7 Å². The van der Waals surface area contributed by atoms with Crippen molar-refractivity contribution in [2.24, 2.45) is 0 Å². The molecule has 5 rings (SSSR count). The van der Waals surface area contributed by atoms with Crippen LogP contribution < -0.4 is 5.56 Å². The largest absolute Gasteiger partial charge is 0.301 e. The van der Waals surface area contributed by atoms with Crippen molar-refractivity contribution < 1.29 is 0 Å². The number of fused-ring (bicyclic) bond motifs is 5. The average molecular weight is 440 g/mol. The van der Waals surface area contributed by atoms with E-state index in [9.17, 15) is 4.79 Å². The first kappa shape index (κ1) is 19.8. The van der Waals surface area contributed by atoms with Crippen molar-refractivity contribution in [1.29, 1.82) is 0 Å². The molecule has 0 aliphatic carbocycles. The van der Waals surface area contributed by atoms with Crippen LogP contribution >= 0.6 is 23.1 Å². The number of thioether (sulfide) groups is 1. The number of unbranched alkanes of at least 4 members (excludes halogenated alkanes) is 2. The predicted octanol–water partition coefficient (Wildman–Crippen LogP) is 4.37. The molecule has 0 fully saturated rings. The molecule has 0 atom stereocenters. The molecule has 4 aromatic rings. The van der Waals surface area contributed by atoms with Gasteiger partial charge in [0.2, 0.25) is 5.78 Å². The van der Waals surface area contributed by atoms with E-state index in [1.54, 1.807) is 27.7 Å². The van der Waals surface area contributed by atoms with Crippen LogP contribution in [0.25, 0.3) is 21.7 Å². The van der Waals surface area contributed by atoms with Crippen LogP contribution in [0.3, 0.4) is 0 Å². The monoisotopic (exact) mass is 439 g/mol. The van der Waals surface area contributed by atoms with Gasteiger partial charge in [0.25, 0.3) is 5.56 Å². The van der Waals surface area contributed by atoms with E-state index in [2.05, 4.69) is 33.5 Å². The minimum absolute atomic E-state index is 0.0145. The van der Waals surface area contributed by atoms with Crippen molar-refractivity contribution in [3.63, 3.8) is 0 Å². The summed E-state index contributed by atoms with van der Waals surface area (Å²) in [6.07, 6.45) is 4.48. The fraction of sp³-hybridized carbons (Fsp3) is 0.409. The summed E-state index contributed by atoms with van der Waals surface area (Å²) in [5.74, 6) is 1.61. The van der Waals surface area contributed by atoms with Crippen LogP contribution in [0.1, 0.15) is 36.6 Å². The molecule has 6 nitrogen and oxygen atoms in total. The zero-order chi connectivity index (χ0) is 20.7. The first-order chi connectivity index (χ1) is 14.7. The Morgan fingerprint density at radius 1 is 1.17 bits per heavy atom. The molecule has 3 aromatic heterocycles. The third kappa shape index (κ3) is 3.27. The summed E-state index contributed by atoms with van der Waals surface area (Å²) < 4.78 is 3.85. The number of para-hydroxylation sites is 1. The van der Waals surface area contributed by atoms with E-state index in [1.165, 1.54) is 23.3 Å². The second-order valence-corrected chi connectivity index (χ2v) is 9.97. The first-order valence-corrected chi connectivity index (χ1v) is 12.3. The fourth-order valence-corrected chi connectivity index (χ4v) is 6.51. The Labute approximate surface area is 183 Å². The van der Waals surface area contributed by atoms with Gasteiger partial charge < -0.3 is 4.90 Å². The minimum Gasteiger partial charge on any atom is -0.301 e. The molecule has 0 amide bonds. The third-order valence-electron chi connectivity index (χ3n) is 5.66. The van der Waals surface area contributed by atoms with Gasteiger partial charge in [-0.3, -0.25) is 4.79 Å². The van der Waals surface area contributed by atoms with Crippen molar-refractivity contribution in [3.8, 4) is 5.69 Å². The average Bonchev–Trinajstić information content (AvgIpc) is 3.33. The van der Waals surface area contributed by atoms with Crippen molar-refractivity contribution in [1.82, 2.24) is 24.1 Å². The van der Waals surface area contributed by atoms with E-state index in [1.807, 2.05) is 30.3 Å². The molecular weight excluding hydrogens is 414 g/mol. The Morgan fingerprint density at radius 3 is 2.80 bits per heavy atom. The van der Waals surface area contributed by atoms with Gasteiger partial charge in [0.15, 0.2) is 5.16 Å². The van der Waals surface area contributed by atoms with Crippen LogP contribution in [0.5, 0.6) is 0 Å². The fourth-order valence-electron chi connectivity index (χ4n) is 4.10. The smallest absolute Gasteiger partial charge is 0.268 e. The molecule has 0 saturated carbocycles. The molecule has 30 heavy (non-hydrogen) atoms. The summed E-state index contributed by atoms with van der Waals surface area (Å²) in [4.78, 5) is 18.3. The molecule has 0 bridgehead atoms. The number of rotatable bonds is 6. The van der Waals surface area contributed by atoms with Crippen molar-refractivity contribution in [2.75, 3.05) is 19.3 Å². The minimum atomic E-state index is 0.0145. The Bertz CT molecular complexity index is 1260. The lowest BCUT2D eigenvalue weighted by atomic mass is 10.1. The zero-order valence-corrected chi connectivity index (χ0v) is 18.9. The highest BCUT2D eigenvalue weighted by molar-refractivity contribution is 7.99. The topological polar surface area (TPSA) is 55.4 Å². The van der Waals surface area contributed by atoms with Gasteiger partial charge >= 0.3 is 0 Å². The van der Waals surface area contributed by atoms with E-state index in [0.29, 0.717) is 5.78 Å². The number of benzene rings is 1. The summed E-state index contributed by atoms with van der Waals surface area (Å²) >= 11 is 3.47. The summed E-state index contributed by atoms with van der Waals surface area (Å²) in [7, 11) is 2.14. The molecule has 0 spiro atoms. The van der Waals surface area contributed by atoms with Crippen molar-refractivity contribution in [2.45, 2.75) is 44.3 Å². The Morgan fingerprint density at radius 2 is 2.00 bits per heavy atom. The highest BCUT2D eigenvalue weighted by Gasteiger charge is 2.26. The van der Waals surface area contributed by atoms with Crippen LogP contribution in [0.15, 0.2) is 40.3 Å². The SMILES string of the molecule is CCCCCSc1nnc2n(-c3ccccc3)c(=O)c3c4c(sc3n12)CN(C)CC4. The molecular formula is C22H25N5OS2. The standard InChI is InChI=1S/C22H25N5OS2/c1-3-4-8-13-29-22-24-23-21-26(15-9-6-5-7-10-15)19(28)18-16-11-12-25(2)14-17(16)30-20(18)27(21)22/h5-7,9-10H,3-4,8,11-14H2,1-2H3. The molecule has 1 aliphatic rings. The molecule has 1 aromatic carbocycles. The lowest BCUT2D eigenvalue weighted by Crippen LogP contribution is -2.27. The number of aromatic nitrogens is 4. The molecule has 1 aliphatic heterocycles. The Balaban J connectivity index is 1.78. The van der Waals surface area contributed by atoms with Crippen LogP contribution in [-0.2, 0) is 13.0 Å². The normalized spacial score (nSPS) is 14.6. The summed E-state index contributed by atoms with van der Waals surface area (Å²) in [5, 5.41) is 10.7. The van der Waals surface area contributed by atoms with Crippen molar-refractivity contribution >= 4 is 39.1 Å². The van der Waals surface area contributed by atoms with Gasteiger partial charge in [0.05, 0.1) is 11.1 Å². The van der Waals surface area contributed by atoms with Crippen LogP contribution in [0.4, 0.5) is 0 Å². The third-order valence-corrected chi connectivity index (χ3v) is 7.88. The van der Waals surface area contributed by atoms with E-state index in [0.717, 1.165) is 52.7 Å². The molecule has 0 N–H and O–H groups in total. The molecule has 8 heteroatoms. The maximum atomic E-state index is 13.7. The molecule has 0 unspecified atom stereocenters. The highest BCUT2D eigenvalue weighted by atomic mass is 32.2. The molecule has 0 saturated heterocycles. The van der Waals surface area contributed by atoms with E-state index >= 15 is 0 Å².